The maximum Gasteiger partial charge on any atom is 0.410 e. The quantitative estimate of drug-likeness (QED) is 0.870. The highest BCUT2D eigenvalue weighted by Crippen LogP contribution is 2.27. The average Bonchev–Trinajstić information content (AvgIpc) is 3.07. The SMILES string of the molecule is C[C@@H]1CN(c2ncnc(-n3cccn3)c2N)CCN1C(=O)OC(C)(C)C. The van der Waals surface area contributed by atoms with Gasteiger partial charge in [0.05, 0.1) is 0 Å². The van der Waals surface area contributed by atoms with Crippen LogP contribution < -0.4 is 10.6 Å². The third-order valence-corrected chi connectivity index (χ3v) is 4.12. The molecular weight excluding hydrogens is 334 g/mol. The van der Waals surface area contributed by atoms with Gasteiger partial charge in [-0.05, 0) is 33.8 Å². The van der Waals surface area contributed by atoms with Crippen LogP contribution in [0.4, 0.5) is 16.3 Å². The number of piperazine rings is 1. The number of ether oxygens (including phenoxy) is 1. The smallest absolute Gasteiger partial charge is 0.410 e. The number of nitrogen functional groups attached to an aromatic ring is 1. The maximum absolute atomic E-state index is 12.4. The van der Waals surface area contributed by atoms with E-state index in [4.69, 9.17) is 10.5 Å². The molecular formula is C17H25N7O2. The largest absolute Gasteiger partial charge is 0.444 e. The van der Waals surface area contributed by atoms with Crippen molar-refractivity contribution in [3.05, 3.63) is 24.8 Å². The molecule has 0 aliphatic carbocycles. The number of nitrogens with two attached hydrogens (primary N) is 1. The standard InChI is InChI=1S/C17H25N7O2/c1-12-10-22(8-9-23(12)16(25)26-17(2,3)4)14-13(18)15(20-11-19-14)24-7-5-6-21-24/h5-7,11-12H,8-10,18H2,1-4H3/t12-/m1/s1. The Morgan fingerprint density at radius 1 is 1.27 bits per heavy atom. The molecule has 0 saturated carbocycles. The number of amides is 1. The van der Waals surface area contributed by atoms with Gasteiger partial charge in [-0.15, -0.1) is 0 Å². The highest BCUT2D eigenvalue weighted by molar-refractivity contribution is 5.72. The van der Waals surface area contributed by atoms with Crippen LogP contribution in [0.15, 0.2) is 24.8 Å². The minimum atomic E-state index is -0.510. The molecule has 2 N–H and O–H groups in total. The zero-order valence-electron chi connectivity index (χ0n) is 15.6. The van der Waals surface area contributed by atoms with Gasteiger partial charge in [0.25, 0.3) is 0 Å². The first-order valence-electron chi connectivity index (χ1n) is 8.61. The van der Waals surface area contributed by atoms with Gasteiger partial charge in [0, 0.05) is 38.1 Å². The third-order valence-electron chi connectivity index (χ3n) is 4.12. The van der Waals surface area contributed by atoms with E-state index in [1.807, 2.05) is 33.8 Å². The van der Waals surface area contributed by atoms with Crippen molar-refractivity contribution in [2.45, 2.75) is 39.3 Å². The van der Waals surface area contributed by atoms with Crippen LogP contribution in [0.25, 0.3) is 5.82 Å². The topological polar surface area (TPSA) is 102 Å². The van der Waals surface area contributed by atoms with Gasteiger partial charge >= 0.3 is 6.09 Å². The molecule has 2 aromatic heterocycles. The lowest BCUT2D eigenvalue weighted by atomic mass is 10.2. The summed E-state index contributed by atoms with van der Waals surface area (Å²) in [6.45, 7) is 9.35. The normalized spacial score (nSPS) is 18.1. The Bertz CT molecular complexity index is 770. The Labute approximate surface area is 152 Å². The average molecular weight is 359 g/mol. The Morgan fingerprint density at radius 2 is 2.00 bits per heavy atom. The lowest BCUT2D eigenvalue weighted by Crippen LogP contribution is -2.55. The highest BCUT2D eigenvalue weighted by Gasteiger charge is 2.32. The molecule has 1 saturated heterocycles. The molecule has 26 heavy (non-hydrogen) atoms. The van der Waals surface area contributed by atoms with Gasteiger partial charge in [0.2, 0.25) is 0 Å². The minimum Gasteiger partial charge on any atom is -0.444 e. The molecule has 140 valence electrons. The van der Waals surface area contributed by atoms with E-state index in [-0.39, 0.29) is 12.1 Å². The summed E-state index contributed by atoms with van der Waals surface area (Å²) >= 11 is 0. The molecule has 1 atom stereocenters. The monoisotopic (exact) mass is 359 g/mol. The van der Waals surface area contributed by atoms with E-state index >= 15 is 0 Å². The van der Waals surface area contributed by atoms with Gasteiger partial charge < -0.3 is 20.3 Å². The molecule has 3 rings (SSSR count). The first-order valence-corrected chi connectivity index (χ1v) is 8.61. The summed E-state index contributed by atoms with van der Waals surface area (Å²) in [5.74, 6) is 1.20. The zero-order chi connectivity index (χ0) is 18.9. The Kier molecular flexibility index (Phi) is 4.71. The second-order valence-electron chi connectivity index (χ2n) is 7.35. The predicted octanol–water partition coefficient (Wildman–Crippen LogP) is 1.69. The number of hydrogen-bond acceptors (Lipinski definition) is 7. The number of nitrogens with zero attached hydrogens (tertiary/aromatic N) is 6. The van der Waals surface area contributed by atoms with Crippen LogP contribution in [0.5, 0.6) is 0 Å². The Balaban J connectivity index is 1.75. The van der Waals surface area contributed by atoms with Crippen LogP contribution in [-0.2, 0) is 4.74 Å². The molecule has 0 aromatic carbocycles. The number of anilines is 2. The van der Waals surface area contributed by atoms with Crippen molar-refractivity contribution in [3.63, 3.8) is 0 Å². The zero-order valence-corrected chi connectivity index (χ0v) is 15.6. The molecule has 9 nitrogen and oxygen atoms in total. The van der Waals surface area contributed by atoms with Crippen LogP contribution in [0.2, 0.25) is 0 Å². The van der Waals surface area contributed by atoms with Crippen molar-refractivity contribution in [1.29, 1.82) is 0 Å². The van der Waals surface area contributed by atoms with E-state index < -0.39 is 5.60 Å². The molecule has 0 radical (unpaired) electrons. The fourth-order valence-corrected chi connectivity index (χ4v) is 2.95. The van der Waals surface area contributed by atoms with E-state index in [1.54, 1.807) is 22.0 Å². The van der Waals surface area contributed by atoms with Crippen molar-refractivity contribution in [2.24, 2.45) is 0 Å². The molecule has 1 aliphatic rings. The fraction of sp³-hybridized carbons (Fsp3) is 0.529. The van der Waals surface area contributed by atoms with Gasteiger partial charge in [-0.2, -0.15) is 5.10 Å². The molecule has 0 bridgehead atoms. The fourth-order valence-electron chi connectivity index (χ4n) is 2.95. The van der Waals surface area contributed by atoms with Crippen LogP contribution in [0, 0.1) is 0 Å². The van der Waals surface area contributed by atoms with Gasteiger partial charge in [-0.25, -0.2) is 19.4 Å². The van der Waals surface area contributed by atoms with E-state index in [0.717, 1.165) is 0 Å². The van der Waals surface area contributed by atoms with E-state index in [0.29, 0.717) is 37.0 Å². The Hall–Kier alpha value is -2.84. The first kappa shape index (κ1) is 18.0. The van der Waals surface area contributed by atoms with E-state index in [9.17, 15) is 4.79 Å². The molecule has 1 fully saturated rings. The van der Waals surface area contributed by atoms with Gasteiger partial charge in [-0.1, -0.05) is 0 Å². The van der Waals surface area contributed by atoms with Crippen molar-refractivity contribution < 1.29 is 9.53 Å². The number of rotatable bonds is 2. The molecule has 9 heteroatoms. The van der Waals surface area contributed by atoms with Gasteiger partial charge in [-0.3, -0.25) is 0 Å². The summed E-state index contributed by atoms with van der Waals surface area (Å²) in [5, 5.41) is 4.18. The number of hydrogen-bond donors (Lipinski definition) is 1. The molecule has 0 spiro atoms. The molecule has 1 aliphatic heterocycles. The number of carbonyl (C=O) groups excluding carboxylic acids is 1. The summed E-state index contributed by atoms with van der Waals surface area (Å²) in [6, 6.07) is 1.78. The van der Waals surface area contributed by atoms with Crippen molar-refractivity contribution in [1.82, 2.24) is 24.6 Å². The maximum atomic E-state index is 12.4. The summed E-state index contributed by atoms with van der Waals surface area (Å²) in [7, 11) is 0. The minimum absolute atomic E-state index is 0.0267. The van der Waals surface area contributed by atoms with Gasteiger partial charge in [0.1, 0.15) is 17.6 Å². The van der Waals surface area contributed by atoms with Crippen LogP contribution in [-0.4, -0.2) is 62.0 Å². The lowest BCUT2D eigenvalue weighted by molar-refractivity contribution is 0.0158. The van der Waals surface area contributed by atoms with Crippen molar-refractivity contribution in [3.8, 4) is 5.82 Å². The highest BCUT2D eigenvalue weighted by atomic mass is 16.6. The van der Waals surface area contributed by atoms with Crippen LogP contribution >= 0.6 is 0 Å². The third kappa shape index (κ3) is 3.71. The molecule has 2 aromatic rings. The van der Waals surface area contributed by atoms with Crippen LogP contribution in [0.3, 0.4) is 0 Å². The summed E-state index contributed by atoms with van der Waals surface area (Å²) in [6.07, 6.45) is 4.64. The van der Waals surface area contributed by atoms with Crippen molar-refractivity contribution in [2.75, 3.05) is 30.3 Å². The lowest BCUT2D eigenvalue weighted by Gasteiger charge is -2.40. The van der Waals surface area contributed by atoms with Gasteiger partial charge in [0.15, 0.2) is 11.6 Å². The van der Waals surface area contributed by atoms with E-state index in [1.165, 1.54) is 6.33 Å². The van der Waals surface area contributed by atoms with Crippen molar-refractivity contribution >= 4 is 17.6 Å². The van der Waals surface area contributed by atoms with Crippen LogP contribution in [0.1, 0.15) is 27.7 Å². The molecule has 0 unspecified atom stereocenters. The van der Waals surface area contributed by atoms with E-state index in [2.05, 4.69) is 20.0 Å². The summed E-state index contributed by atoms with van der Waals surface area (Å²) in [4.78, 5) is 24.8. The number of carbonyl (C=O) groups is 1. The second kappa shape index (κ2) is 6.81. The summed E-state index contributed by atoms with van der Waals surface area (Å²) in [5.41, 5.74) is 6.25. The Morgan fingerprint density at radius 3 is 2.62 bits per heavy atom. The first-order chi connectivity index (χ1) is 12.3. The second-order valence-corrected chi connectivity index (χ2v) is 7.35. The molecule has 1 amide bonds. The molecule has 3 heterocycles. The number of aromatic nitrogens is 4. The summed E-state index contributed by atoms with van der Waals surface area (Å²) < 4.78 is 7.10. The predicted molar refractivity (Wildman–Crippen MR) is 98.2 cm³/mol.